The fraction of sp³-hybridized carbons (Fsp3) is 0.391. The van der Waals surface area contributed by atoms with Gasteiger partial charge < -0.3 is 10.0 Å². The van der Waals surface area contributed by atoms with Gasteiger partial charge in [0, 0.05) is 37.5 Å². The van der Waals surface area contributed by atoms with Crippen LogP contribution in [0.1, 0.15) is 41.3 Å². The van der Waals surface area contributed by atoms with E-state index in [0.29, 0.717) is 25.9 Å². The molecule has 146 valence electrons. The summed E-state index contributed by atoms with van der Waals surface area (Å²) in [6.45, 7) is 5.10. The first-order valence-electron chi connectivity index (χ1n) is 9.98. The van der Waals surface area contributed by atoms with Gasteiger partial charge in [-0.3, -0.25) is 9.89 Å². The van der Waals surface area contributed by atoms with Gasteiger partial charge in [-0.05, 0) is 42.2 Å². The number of nitrogens with one attached hydrogen (secondary N) is 1. The van der Waals surface area contributed by atoms with E-state index in [0.717, 1.165) is 28.9 Å². The second-order valence-electron chi connectivity index (χ2n) is 7.83. The fourth-order valence-corrected chi connectivity index (χ4v) is 4.15. The van der Waals surface area contributed by atoms with Gasteiger partial charge in [-0.15, -0.1) is 0 Å². The molecule has 1 aliphatic heterocycles. The first kappa shape index (κ1) is 18.7. The quantitative estimate of drug-likeness (QED) is 0.731. The van der Waals surface area contributed by atoms with Crippen LogP contribution in [0.2, 0.25) is 0 Å². The van der Waals surface area contributed by atoms with Crippen molar-refractivity contribution in [2.24, 2.45) is 0 Å². The van der Waals surface area contributed by atoms with Gasteiger partial charge in [0.15, 0.2) is 0 Å². The van der Waals surface area contributed by atoms with Gasteiger partial charge in [0.25, 0.3) is 0 Å². The highest BCUT2D eigenvalue weighted by Gasteiger charge is 2.31. The fourth-order valence-electron chi connectivity index (χ4n) is 4.15. The van der Waals surface area contributed by atoms with Gasteiger partial charge in [0.05, 0.1) is 11.8 Å². The molecule has 4 rings (SSSR count). The summed E-state index contributed by atoms with van der Waals surface area (Å²) in [5.74, 6) is 0.168. The van der Waals surface area contributed by atoms with E-state index in [-0.39, 0.29) is 11.8 Å². The molecule has 2 atom stereocenters. The summed E-state index contributed by atoms with van der Waals surface area (Å²) >= 11 is 0. The first-order chi connectivity index (χ1) is 13.5. The monoisotopic (exact) mass is 377 g/mol. The van der Waals surface area contributed by atoms with Crippen LogP contribution in [0.3, 0.4) is 0 Å². The molecule has 2 aromatic carbocycles. The number of carbonyl (C=O) groups excluding carboxylic acids is 1. The molecule has 0 spiro atoms. The van der Waals surface area contributed by atoms with Crippen molar-refractivity contribution in [2.75, 3.05) is 13.1 Å². The summed E-state index contributed by atoms with van der Waals surface area (Å²) in [4.78, 5) is 14.4. The molecular weight excluding hydrogens is 350 g/mol. The minimum Gasteiger partial charge on any atom is -0.391 e. The molecule has 0 aliphatic carbocycles. The molecular formula is C23H27N3O2. The number of aromatic nitrogens is 2. The van der Waals surface area contributed by atoms with Crippen LogP contribution < -0.4 is 0 Å². The number of β-amino-alcohol motifs (C(OH)–C–C–N with tert-alkyl or cyclic N) is 1. The molecule has 2 unspecified atom stereocenters. The Hall–Kier alpha value is -2.66. The van der Waals surface area contributed by atoms with Crippen molar-refractivity contribution in [3.05, 3.63) is 65.0 Å². The number of carbonyl (C=O) groups is 1. The molecule has 1 saturated heterocycles. The van der Waals surface area contributed by atoms with Crippen molar-refractivity contribution in [2.45, 2.75) is 45.1 Å². The van der Waals surface area contributed by atoms with Crippen LogP contribution in [0.4, 0.5) is 0 Å². The van der Waals surface area contributed by atoms with Gasteiger partial charge in [0.1, 0.15) is 0 Å². The van der Waals surface area contributed by atoms with Crippen LogP contribution >= 0.6 is 0 Å². The van der Waals surface area contributed by atoms with E-state index in [1.54, 1.807) is 4.90 Å². The molecule has 3 aromatic rings. The number of fused-ring (bicyclic) bond motifs is 1. The van der Waals surface area contributed by atoms with Crippen LogP contribution in [-0.4, -0.2) is 45.3 Å². The van der Waals surface area contributed by atoms with E-state index in [1.807, 2.05) is 26.0 Å². The van der Waals surface area contributed by atoms with E-state index in [1.165, 1.54) is 10.8 Å². The van der Waals surface area contributed by atoms with Crippen LogP contribution in [-0.2, 0) is 11.2 Å². The maximum absolute atomic E-state index is 12.6. The number of aromatic amines is 1. The predicted octanol–water partition coefficient (Wildman–Crippen LogP) is 3.49. The Morgan fingerprint density at radius 3 is 2.71 bits per heavy atom. The SMILES string of the molecule is Cc1[nH]nc(CCC(=O)N2CCC(c3ccc4ccccc4c3)C(O)C2)c1C. The third-order valence-corrected chi connectivity index (χ3v) is 6.07. The molecule has 2 heterocycles. The lowest BCUT2D eigenvalue weighted by Crippen LogP contribution is -2.45. The lowest BCUT2D eigenvalue weighted by molar-refractivity contribution is -0.134. The smallest absolute Gasteiger partial charge is 0.223 e. The Bertz CT molecular complexity index is 994. The largest absolute Gasteiger partial charge is 0.391 e. The molecule has 5 nitrogen and oxygen atoms in total. The molecule has 1 aliphatic rings. The van der Waals surface area contributed by atoms with Crippen molar-refractivity contribution in [3.8, 4) is 0 Å². The predicted molar refractivity (Wildman–Crippen MR) is 110 cm³/mol. The number of nitrogens with zero attached hydrogens (tertiary/aromatic N) is 2. The summed E-state index contributed by atoms with van der Waals surface area (Å²) in [7, 11) is 0. The molecule has 1 amide bonds. The number of benzene rings is 2. The average Bonchev–Trinajstić information content (AvgIpc) is 3.03. The normalized spacial score (nSPS) is 19.9. The van der Waals surface area contributed by atoms with Crippen LogP contribution in [0.15, 0.2) is 42.5 Å². The lowest BCUT2D eigenvalue weighted by Gasteiger charge is -2.36. The van der Waals surface area contributed by atoms with Gasteiger partial charge in [-0.2, -0.15) is 5.10 Å². The van der Waals surface area contributed by atoms with E-state index in [9.17, 15) is 9.90 Å². The third kappa shape index (κ3) is 3.67. The lowest BCUT2D eigenvalue weighted by atomic mass is 9.86. The minimum atomic E-state index is -0.534. The van der Waals surface area contributed by atoms with E-state index < -0.39 is 6.10 Å². The maximum atomic E-state index is 12.6. The number of piperidine rings is 1. The zero-order valence-electron chi connectivity index (χ0n) is 16.5. The number of aliphatic hydroxyl groups is 1. The Labute approximate surface area is 165 Å². The number of aliphatic hydroxyl groups excluding tert-OH is 1. The number of rotatable bonds is 4. The molecule has 1 aromatic heterocycles. The number of aryl methyl sites for hydroxylation is 2. The summed E-state index contributed by atoms with van der Waals surface area (Å²) in [5.41, 5.74) is 4.29. The Kier molecular flexibility index (Phi) is 5.18. The average molecular weight is 377 g/mol. The van der Waals surface area contributed by atoms with E-state index >= 15 is 0 Å². The highest BCUT2D eigenvalue weighted by Crippen LogP contribution is 2.31. The van der Waals surface area contributed by atoms with Crippen molar-refractivity contribution < 1.29 is 9.90 Å². The number of likely N-dealkylation sites (tertiary alicyclic amines) is 1. The summed E-state index contributed by atoms with van der Waals surface area (Å²) in [6, 6.07) is 14.7. The topological polar surface area (TPSA) is 69.2 Å². The highest BCUT2D eigenvalue weighted by molar-refractivity contribution is 5.83. The van der Waals surface area contributed by atoms with Gasteiger partial charge in [0.2, 0.25) is 5.91 Å². The number of hydrogen-bond acceptors (Lipinski definition) is 3. The third-order valence-electron chi connectivity index (χ3n) is 6.07. The van der Waals surface area contributed by atoms with E-state index in [2.05, 4.69) is 40.5 Å². The molecule has 2 N–H and O–H groups in total. The Morgan fingerprint density at radius 2 is 2.00 bits per heavy atom. The Morgan fingerprint density at radius 1 is 1.21 bits per heavy atom. The van der Waals surface area contributed by atoms with Crippen LogP contribution in [0, 0.1) is 13.8 Å². The number of hydrogen-bond donors (Lipinski definition) is 2. The maximum Gasteiger partial charge on any atom is 0.223 e. The second kappa shape index (κ2) is 7.76. The van der Waals surface area contributed by atoms with Crippen molar-refractivity contribution in [3.63, 3.8) is 0 Å². The van der Waals surface area contributed by atoms with Crippen LogP contribution in [0.5, 0.6) is 0 Å². The molecule has 28 heavy (non-hydrogen) atoms. The summed E-state index contributed by atoms with van der Waals surface area (Å²) in [6.07, 6.45) is 1.31. The summed E-state index contributed by atoms with van der Waals surface area (Å²) in [5, 5.41) is 20.4. The zero-order valence-corrected chi connectivity index (χ0v) is 16.5. The number of H-pyrrole nitrogens is 1. The highest BCUT2D eigenvalue weighted by atomic mass is 16.3. The van der Waals surface area contributed by atoms with Gasteiger partial charge >= 0.3 is 0 Å². The van der Waals surface area contributed by atoms with E-state index in [4.69, 9.17) is 0 Å². The number of amides is 1. The Balaban J connectivity index is 1.38. The molecule has 0 bridgehead atoms. The molecule has 5 heteroatoms. The van der Waals surface area contributed by atoms with Crippen molar-refractivity contribution in [1.29, 1.82) is 0 Å². The minimum absolute atomic E-state index is 0.0740. The van der Waals surface area contributed by atoms with Gasteiger partial charge in [-0.25, -0.2) is 0 Å². The molecule has 0 saturated carbocycles. The molecule has 1 fully saturated rings. The molecule has 0 radical (unpaired) electrons. The standard InChI is InChI=1S/C23H27N3O2/c1-15-16(2)24-25-21(15)9-10-23(28)26-12-11-20(22(27)14-26)19-8-7-17-5-3-4-6-18(17)13-19/h3-8,13,20,22,27H,9-12,14H2,1-2H3,(H,24,25). The van der Waals surface area contributed by atoms with Gasteiger partial charge in [-0.1, -0.05) is 42.5 Å². The van der Waals surface area contributed by atoms with Crippen molar-refractivity contribution in [1.82, 2.24) is 15.1 Å². The summed E-state index contributed by atoms with van der Waals surface area (Å²) < 4.78 is 0. The second-order valence-corrected chi connectivity index (χ2v) is 7.83. The van der Waals surface area contributed by atoms with Crippen molar-refractivity contribution >= 4 is 16.7 Å². The van der Waals surface area contributed by atoms with Crippen LogP contribution in [0.25, 0.3) is 10.8 Å². The zero-order chi connectivity index (χ0) is 19.7. The first-order valence-corrected chi connectivity index (χ1v) is 9.98.